The molecule has 8 N–H and O–H groups in total. The molecule has 176 valence electrons. The van der Waals surface area contributed by atoms with Gasteiger partial charge in [-0.05, 0) is 33.1 Å². The average Bonchev–Trinajstić information content (AvgIpc) is 3.16. The zero-order valence-corrected chi connectivity index (χ0v) is 17.4. The van der Waals surface area contributed by atoms with E-state index in [0.717, 1.165) is 4.90 Å². The highest BCUT2D eigenvalue weighted by atomic mass is 16.4. The number of hydrogen-bond acceptors (Lipinski definition) is 8. The third-order valence-corrected chi connectivity index (χ3v) is 4.97. The second-order valence-electron chi connectivity index (χ2n) is 7.51. The van der Waals surface area contributed by atoms with Crippen molar-refractivity contribution >= 4 is 29.7 Å². The highest BCUT2D eigenvalue weighted by Crippen LogP contribution is 2.20. The van der Waals surface area contributed by atoms with Gasteiger partial charge < -0.3 is 41.7 Å². The molecule has 1 rings (SSSR count). The molecule has 0 aromatic carbocycles. The lowest BCUT2D eigenvalue weighted by atomic mass is 10.1. The molecule has 1 aliphatic heterocycles. The summed E-state index contributed by atoms with van der Waals surface area (Å²) in [6.45, 7) is 2.67. The summed E-state index contributed by atoms with van der Waals surface area (Å²) in [4.78, 5) is 60.8. The number of nitrogens with one attached hydrogen (secondary N) is 2. The predicted molar refractivity (Wildman–Crippen MR) is 104 cm³/mol. The van der Waals surface area contributed by atoms with Gasteiger partial charge in [0.25, 0.3) is 0 Å². The molecule has 1 aliphatic rings. The van der Waals surface area contributed by atoms with Gasteiger partial charge in [-0.3, -0.25) is 19.2 Å². The number of nitrogens with two attached hydrogens (primary N) is 1. The number of carboxylic acids is 2. The van der Waals surface area contributed by atoms with E-state index in [9.17, 15) is 39.3 Å². The highest BCUT2D eigenvalue weighted by Gasteiger charge is 2.40. The van der Waals surface area contributed by atoms with E-state index in [4.69, 9.17) is 10.8 Å². The molecule has 13 heteroatoms. The maximum absolute atomic E-state index is 12.9. The summed E-state index contributed by atoms with van der Waals surface area (Å²) >= 11 is 0. The number of nitrogens with zero attached hydrogens (tertiary/aromatic N) is 1. The van der Waals surface area contributed by atoms with E-state index in [1.165, 1.54) is 13.8 Å². The maximum Gasteiger partial charge on any atom is 0.326 e. The molecule has 0 radical (unpaired) electrons. The largest absolute Gasteiger partial charge is 0.481 e. The van der Waals surface area contributed by atoms with Gasteiger partial charge in [0.1, 0.15) is 24.2 Å². The monoisotopic (exact) mass is 446 g/mol. The highest BCUT2D eigenvalue weighted by molar-refractivity contribution is 5.95. The van der Waals surface area contributed by atoms with Crippen molar-refractivity contribution in [3.05, 3.63) is 0 Å². The van der Waals surface area contributed by atoms with Crippen molar-refractivity contribution < 1.29 is 44.4 Å². The Hall–Kier alpha value is -2.77. The molecule has 31 heavy (non-hydrogen) atoms. The van der Waals surface area contributed by atoms with Crippen molar-refractivity contribution in [2.24, 2.45) is 5.73 Å². The number of rotatable bonds is 11. The van der Waals surface area contributed by atoms with Crippen LogP contribution >= 0.6 is 0 Å². The minimum absolute atomic E-state index is 0.130. The third kappa shape index (κ3) is 7.45. The quantitative estimate of drug-likeness (QED) is 0.170. The molecule has 0 spiro atoms. The number of aliphatic carboxylic acids is 2. The topological polar surface area (TPSA) is 220 Å². The predicted octanol–water partition coefficient (Wildman–Crippen LogP) is -3.01. The van der Waals surface area contributed by atoms with E-state index in [-0.39, 0.29) is 19.4 Å². The molecule has 0 aromatic heterocycles. The normalized spacial score (nSPS) is 20.8. The zero-order valence-electron chi connectivity index (χ0n) is 17.4. The number of hydrogen-bond donors (Lipinski definition) is 7. The van der Waals surface area contributed by atoms with Crippen LogP contribution in [0.1, 0.15) is 39.5 Å². The number of carbonyl (C=O) groups is 5. The number of aliphatic hydroxyl groups is 2. The Morgan fingerprint density at radius 3 is 2.16 bits per heavy atom. The van der Waals surface area contributed by atoms with Gasteiger partial charge in [0.15, 0.2) is 0 Å². The number of aliphatic hydroxyl groups excluding tert-OH is 2. The number of carbonyl (C=O) groups excluding carboxylic acids is 3. The van der Waals surface area contributed by atoms with Gasteiger partial charge in [-0.1, -0.05) is 0 Å². The van der Waals surface area contributed by atoms with Crippen LogP contribution in [-0.2, 0) is 24.0 Å². The number of amides is 3. The lowest BCUT2D eigenvalue weighted by Gasteiger charge is -2.31. The van der Waals surface area contributed by atoms with Crippen molar-refractivity contribution in [2.45, 2.75) is 75.9 Å². The van der Waals surface area contributed by atoms with Crippen molar-refractivity contribution in [1.82, 2.24) is 15.5 Å². The van der Waals surface area contributed by atoms with Crippen LogP contribution in [0, 0.1) is 0 Å². The average molecular weight is 446 g/mol. The fourth-order valence-corrected chi connectivity index (χ4v) is 3.13. The lowest BCUT2D eigenvalue weighted by molar-refractivity contribution is -0.146. The minimum Gasteiger partial charge on any atom is -0.481 e. The molecule has 3 amide bonds. The van der Waals surface area contributed by atoms with E-state index < -0.39 is 72.5 Å². The summed E-state index contributed by atoms with van der Waals surface area (Å²) in [7, 11) is 0. The summed E-state index contributed by atoms with van der Waals surface area (Å²) < 4.78 is 0. The van der Waals surface area contributed by atoms with Crippen LogP contribution in [0.3, 0.4) is 0 Å². The van der Waals surface area contributed by atoms with E-state index in [0.29, 0.717) is 6.42 Å². The number of likely N-dealkylation sites (tertiary alicyclic amines) is 1. The molecule has 0 saturated carbocycles. The van der Waals surface area contributed by atoms with Crippen LogP contribution in [0.2, 0.25) is 0 Å². The Bertz CT molecular complexity index is 698. The summed E-state index contributed by atoms with van der Waals surface area (Å²) in [6, 6.07) is -5.27. The van der Waals surface area contributed by atoms with Crippen molar-refractivity contribution in [3.63, 3.8) is 0 Å². The molecular formula is C18H30N4O9. The molecule has 0 aromatic rings. The summed E-state index contributed by atoms with van der Waals surface area (Å²) in [6.07, 6.45) is -2.70. The van der Waals surface area contributed by atoms with Crippen LogP contribution in [0.15, 0.2) is 0 Å². The first kappa shape index (κ1) is 26.3. The van der Waals surface area contributed by atoms with Crippen molar-refractivity contribution in [1.29, 1.82) is 0 Å². The molecular weight excluding hydrogens is 416 g/mol. The van der Waals surface area contributed by atoms with E-state index in [1.54, 1.807) is 0 Å². The number of carboxylic acid groups (broad SMARTS) is 2. The van der Waals surface area contributed by atoms with Crippen molar-refractivity contribution in [2.75, 3.05) is 6.54 Å². The fourth-order valence-electron chi connectivity index (χ4n) is 3.13. The van der Waals surface area contributed by atoms with Crippen LogP contribution in [0.5, 0.6) is 0 Å². The minimum atomic E-state index is -1.45. The molecule has 1 heterocycles. The van der Waals surface area contributed by atoms with Gasteiger partial charge in [0.2, 0.25) is 17.7 Å². The SMILES string of the molecule is CC(O)C(N)C(=O)NC(C(=O)N1CCCC1C(=O)NC(CCC(=O)O)C(=O)O)C(C)O. The molecule has 0 bridgehead atoms. The molecule has 1 fully saturated rings. The summed E-state index contributed by atoms with van der Waals surface area (Å²) in [5.41, 5.74) is 5.54. The van der Waals surface area contributed by atoms with Gasteiger partial charge >= 0.3 is 11.9 Å². The van der Waals surface area contributed by atoms with Crippen LogP contribution in [0.4, 0.5) is 0 Å². The van der Waals surface area contributed by atoms with Gasteiger partial charge in [0.05, 0.1) is 12.2 Å². The maximum atomic E-state index is 12.9. The molecule has 6 unspecified atom stereocenters. The van der Waals surface area contributed by atoms with Gasteiger partial charge in [-0.2, -0.15) is 0 Å². The Morgan fingerprint density at radius 2 is 1.68 bits per heavy atom. The van der Waals surface area contributed by atoms with E-state index in [2.05, 4.69) is 10.6 Å². The van der Waals surface area contributed by atoms with Gasteiger partial charge in [0, 0.05) is 13.0 Å². The Kier molecular flexibility index (Phi) is 9.81. The lowest BCUT2D eigenvalue weighted by Crippen LogP contribution is -2.60. The second kappa shape index (κ2) is 11.6. The zero-order chi connectivity index (χ0) is 23.9. The van der Waals surface area contributed by atoms with Gasteiger partial charge in [-0.15, -0.1) is 0 Å². The van der Waals surface area contributed by atoms with Crippen LogP contribution < -0.4 is 16.4 Å². The molecule has 13 nitrogen and oxygen atoms in total. The Morgan fingerprint density at radius 1 is 1.06 bits per heavy atom. The molecule has 0 aliphatic carbocycles. The summed E-state index contributed by atoms with van der Waals surface area (Å²) in [5.74, 6) is -5.04. The first-order valence-electron chi connectivity index (χ1n) is 9.84. The molecule has 6 atom stereocenters. The summed E-state index contributed by atoms with van der Waals surface area (Å²) in [5, 5.41) is 41.9. The van der Waals surface area contributed by atoms with E-state index >= 15 is 0 Å². The Balaban J connectivity index is 2.92. The third-order valence-electron chi connectivity index (χ3n) is 4.97. The first-order valence-corrected chi connectivity index (χ1v) is 9.84. The van der Waals surface area contributed by atoms with Crippen LogP contribution in [0.25, 0.3) is 0 Å². The molecule has 1 saturated heterocycles. The second-order valence-corrected chi connectivity index (χ2v) is 7.51. The standard InChI is InChI=1S/C18H30N4O9/c1-8(23)13(19)16(28)21-14(9(2)24)17(29)22-7-3-4-11(22)15(27)20-10(18(30)31)5-6-12(25)26/h8-11,13-14,23-24H,3-7,19H2,1-2H3,(H,20,27)(H,21,28)(H,25,26)(H,30,31). The van der Waals surface area contributed by atoms with Crippen molar-refractivity contribution in [3.8, 4) is 0 Å². The smallest absolute Gasteiger partial charge is 0.326 e. The fraction of sp³-hybridized carbons (Fsp3) is 0.722. The Labute approximate surface area is 178 Å². The first-order chi connectivity index (χ1) is 14.4. The van der Waals surface area contributed by atoms with Gasteiger partial charge in [-0.25, -0.2) is 4.79 Å². The van der Waals surface area contributed by atoms with Crippen LogP contribution in [-0.4, -0.2) is 97.9 Å². The van der Waals surface area contributed by atoms with E-state index in [1.807, 2.05) is 0 Å².